The van der Waals surface area contributed by atoms with Crippen molar-refractivity contribution in [2.24, 2.45) is 0 Å². The number of aromatic nitrogens is 3. The summed E-state index contributed by atoms with van der Waals surface area (Å²) in [5, 5.41) is 19.6. The number of H-pyrrole nitrogens is 1. The van der Waals surface area contributed by atoms with Crippen LogP contribution in [-0.4, -0.2) is 35.4 Å². The molecular formula is C32H31N5O. The average molecular weight is 502 g/mol. The molecule has 2 aromatic heterocycles. The van der Waals surface area contributed by atoms with Crippen LogP contribution in [0.15, 0.2) is 72.9 Å². The highest BCUT2D eigenvalue weighted by Gasteiger charge is 2.23. The number of hydrogen-bond donors (Lipinski definition) is 1. The minimum atomic E-state index is -0.527. The first-order chi connectivity index (χ1) is 18.5. The first-order valence-electron chi connectivity index (χ1n) is 13.1. The summed E-state index contributed by atoms with van der Waals surface area (Å²) < 4.78 is 5.31. The van der Waals surface area contributed by atoms with Gasteiger partial charge in [-0.15, -0.1) is 0 Å². The van der Waals surface area contributed by atoms with Gasteiger partial charge in [0.1, 0.15) is 11.4 Å². The van der Waals surface area contributed by atoms with Gasteiger partial charge in [-0.1, -0.05) is 30.3 Å². The van der Waals surface area contributed by atoms with E-state index < -0.39 is 5.41 Å². The molecule has 38 heavy (non-hydrogen) atoms. The predicted molar refractivity (Wildman–Crippen MR) is 153 cm³/mol. The second kappa shape index (κ2) is 9.50. The fourth-order valence-corrected chi connectivity index (χ4v) is 5.56. The molecule has 3 aromatic carbocycles. The van der Waals surface area contributed by atoms with E-state index >= 15 is 0 Å². The third-order valence-corrected chi connectivity index (χ3v) is 7.98. The maximum Gasteiger partial charge on any atom is 0.119 e. The molecule has 1 saturated heterocycles. The summed E-state index contributed by atoms with van der Waals surface area (Å²) in [6, 6.07) is 25.6. The van der Waals surface area contributed by atoms with Crippen LogP contribution in [0.1, 0.15) is 43.7 Å². The quantitative estimate of drug-likeness (QED) is 0.281. The maximum atomic E-state index is 9.50. The van der Waals surface area contributed by atoms with Crippen LogP contribution in [0.25, 0.3) is 33.1 Å². The number of pyridine rings is 1. The van der Waals surface area contributed by atoms with Crippen LogP contribution in [0.5, 0.6) is 5.75 Å². The standard InChI is InChI=1S/C32H31N5O/c1-32(2,20-33)24-7-4-22(5-8-24)31-30-27-18-23(6-13-28(27)34-19-29(30)35-36-31)21-14-16-37(17-15-21)25-9-11-26(38-3)12-10-25/h4-13,18-19,21H,14-17H2,1-3H3,(H,35,36). The molecule has 6 heteroatoms. The van der Waals surface area contributed by atoms with Crippen LogP contribution >= 0.6 is 0 Å². The zero-order valence-corrected chi connectivity index (χ0v) is 22.0. The topological polar surface area (TPSA) is 77.8 Å². The zero-order chi connectivity index (χ0) is 26.3. The number of fused-ring (bicyclic) bond motifs is 3. The fourth-order valence-electron chi connectivity index (χ4n) is 5.56. The minimum Gasteiger partial charge on any atom is -0.497 e. The van der Waals surface area contributed by atoms with E-state index in [2.05, 4.69) is 63.6 Å². The Kier molecular flexibility index (Phi) is 6.00. The van der Waals surface area contributed by atoms with Gasteiger partial charge in [0.25, 0.3) is 0 Å². The number of ether oxygens (including phenoxy) is 1. The lowest BCUT2D eigenvalue weighted by Gasteiger charge is -2.34. The average Bonchev–Trinajstić information content (AvgIpc) is 3.42. The Morgan fingerprint density at radius 1 is 1.00 bits per heavy atom. The first kappa shape index (κ1) is 24.0. The number of rotatable bonds is 5. The monoisotopic (exact) mass is 501 g/mol. The molecule has 6 rings (SSSR count). The molecule has 0 amide bonds. The number of nitrogens with one attached hydrogen (secondary N) is 1. The van der Waals surface area contributed by atoms with Gasteiger partial charge >= 0.3 is 0 Å². The molecule has 0 saturated carbocycles. The van der Waals surface area contributed by atoms with E-state index in [9.17, 15) is 5.26 Å². The Morgan fingerprint density at radius 2 is 1.74 bits per heavy atom. The van der Waals surface area contributed by atoms with Gasteiger partial charge in [-0.25, -0.2) is 0 Å². The highest BCUT2D eigenvalue weighted by Crippen LogP contribution is 2.37. The molecule has 0 unspecified atom stereocenters. The molecule has 6 nitrogen and oxygen atoms in total. The van der Waals surface area contributed by atoms with E-state index in [0.29, 0.717) is 5.92 Å². The Balaban J connectivity index is 1.30. The Hall–Kier alpha value is -4.37. The third kappa shape index (κ3) is 4.24. The Labute approximate surface area is 222 Å². The summed E-state index contributed by atoms with van der Waals surface area (Å²) in [6.07, 6.45) is 4.08. The molecule has 0 atom stereocenters. The number of benzene rings is 3. The van der Waals surface area contributed by atoms with Gasteiger partial charge in [-0.05, 0) is 80.1 Å². The summed E-state index contributed by atoms with van der Waals surface area (Å²) >= 11 is 0. The second-order valence-corrected chi connectivity index (χ2v) is 10.7. The van der Waals surface area contributed by atoms with E-state index in [0.717, 1.165) is 70.3 Å². The van der Waals surface area contributed by atoms with Crippen LogP contribution in [0.2, 0.25) is 0 Å². The Morgan fingerprint density at radius 3 is 2.42 bits per heavy atom. The molecule has 0 radical (unpaired) electrons. The van der Waals surface area contributed by atoms with Crippen LogP contribution in [0.3, 0.4) is 0 Å². The van der Waals surface area contributed by atoms with Gasteiger partial charge in [0.2, 0.25) is 0 Å². The molecular weight excluding hydrogens is 470 g/mol. The van der Waals surface area contributed by atoms with Gasteiger partial charge in [0.05, 0.1) is 35.8 Å². The van der Waals surface area contributed by atoms with Crippen molar-refractivity contribution in [3.05, 3.63) is 84.1 Å². The fraction of sp³-hybridized carbons (Fsp3) is 0.281. The third-order valence-electron chi connectivity index (χ3n) is 7.98. The van der Waals surface area contributed by atoms with Crippen LogP contribution in [0, 0.1) is 11.3 Å². The van der Waals surface area contributed by atoms with Crippen molar-refractivity contribution in [3.8, 4) is 23.1 Å². The Bertz CT molecular complexity index is 1640. The minimum absolute atomic E-state index is 0.506. The van der Waals surface area contributed by atoms with Crippen molar-refractivity contribution < 1.29 is 4.74 Å². The summed E-state index contributed by atoms with van der Waals surface area (Å²) in [4.78, 5) is 7.16. The van der Waals surface area contributed by atoms with Crippen molar-refractivity contribution in [1.82, 2.24) is 15.2 Å². The number of piperidine rings is 1. The van der Waals surface area contributed by atoms with Gasteiger partial charge < -0.3 is 9.64 Å². The van der Waals surface area contributed by atoms with Crippen molar-refractivity contribution in [2.75, 3.05) is 25.1 Å². The molecule has 5 aromatic rings. The largest absolute Gasteiger partial charge is 0.497 e. The lowest BCUT2D eigenvalue weighted by molar-refractivity contribution is 0.414. The van der Waals surface area contributed by atoms with Crippen molar-refractivity contribution in [2.45, 2.75) is 38.0 Å². The number of anilines is 1. The highest BCUT2D eigenvalue weighted by molar-refractivity contribution is 6.11. The lowest BCUT2D eigenvalue weighted by Crippen LogP contribution is -2.32. The first-order valence-corrected chi connectivity index (χ1v) is 13.1. The number of aromatic amines is 1. The molecule has 0 aliphatic carbocycles. The molecule has 1 N–H and O–H groups in total. The van der Waals surface area contributed by atoms with Crippen molar-refractivity contribution >= 4 is 27.5 Å². The number of nitrogens with zero attached hydrogens (tertiary/aromatic N) is 4. The van der Waals surface area contributed by atoms with Gasteiger partial charge in [-0.3, -0.25) is 10.1 Å². The SMILES string of the molecule is COc1ccc(N2CCC(c3ccc4ncc5[nH]nc(-c6ccc(C(C)(C)C#N)cc6)c5c4c3)CC2)cc1. The van der Waals surface area contributed by atoms with Crippen molar-refractivity contribution in [3.63, 3.8) is 0 Å². The maximum absolute atomic E-state index is 9.50. The molecule has 0 bridgehead atoms. The predicted octanol–water partition coefficient (Wildman–Crippen LogP) is 6.97. The van der Waals surface area contributed by atoms with Gasteiger partial charge in [0.15, 0.2) is 0 Å². The highest BCUT2D eigenvalue weighted by atomic mass is 16.5. The molecule has 0 spiro atoms. The van der Waals surface area contributed by atoms with Gasteiger partial charge in [-0.2, -0.15) is 10.4 Å². The number of methoxy groups -OCH3 is 1. The number of hydrogen-bond acceptors (Lipinski definition) is 5. The second-order valence-electron chi connectivity index (χ2n) is 10.7. The van der Waals surface area contributed by atoms with Crippen LogP contribution < -0.4 is 9.64 Å². The molecule has 3 heterocycles. The lowest BCUT2D eigenvalue weighted by atomic mass is 9.85. The summed E-state index contributed by atoms with van der Waals surface area (Å²) in [5.41, 5.74) is 6.93. The molecule has 1 aliphatic heterocycles. The zero-order valence-electron chi connectivity index (χ0n) is 22.0. The normalized spacial score (nSPS) is 14.6. The van der Waals surface area contributed by atoms with Gasteiger partial charge in [0, 0.05) is 35.1 Å². The summed E-state index contributed by atoms with van der Waals surface area (Å²) in [6.45, 7) is 5.93. The van der Waals surface area contributed by atoms with E-state index in [1.807, 2.05) is 44.3 Å². The van der Waals surface area contributed by atoms with Crippen molar-refractivity contribution in [1.29, 1.82) is 5.26 Å². The van der Waals surface area contributed by atoms with E-state index in [-0.39, 0.29) is 0 Å². The van der Waals surface area contributed by atoms with Crippen LogP contribution in [-0.2, 0) is 5.41 Å². The smallest absolute Gasteiger partial charge is 0.119 e. The molecule has 190 valence electrons. The summed E-state index contributed by atoms with van der Waals surface area (Å²) in [5.74, 6) is 1.40. The van der Waals surface area contributed by atoms with E-state index in [4.69, 9.17) is 9.72 Å². The number of nitriles is 1. The van der Waals surface area contributed by atoms with E-state index in [1.165, 1.54) is 11.3 Å². The van der Waals surface area contributed by atoms with Crippen LogP contribution in [0.4, 0.5) is 5.69 Å². The molecule has 1 fully saturated rings. The molecule has 1 aliphatic rings. The van der Waals surface area contributed by atoms with E-state index in [1.54, 1.807) is 7.11 Å². The summed E-state index contributed by atoms with van der Waals surface area (Å²) in [7, 11) is 1.70.